The summed E-state index contributed by atoms with van der Waals surface area (Å²) in [6.07, 6.45) is 1.53. The van der Waals surface area contributed by atoms with Gasteiger partial charge >= 0.3 is 0 Å². The van der Waals surface area contributed by atoms with Crippen molar-refractivity contribution in [3.8, 4) is 0 Å². The van der Waals surface area contributed by atoms with E-state index in [9.17, 15) is 9.18 Å². The lowest BCUT2D eigenvalue weighted by Crippen LogP contribution is -2.55. The summed E-state index contributed by atoms with van der Waals surface area (Å²) in [7, 11) is 1.55. The summed E-state index contributed by atoms with van der Waals surface area (Å²) < 4.78 is 24.4. The van der Waals surface area contributed by atoms with Crippen molar-refractivity contribution in [2.45, 2.75) is 39.0 Å². The topological polar surface area (TPSA) is 66.4 Å². The van der Waals surface area contributed by atoms with Crippen LogP contribution in [0.5, 0.6) is 0 Å². The van der Waals surface area contributed by atoms with Gasteiger partial charge in [-0.05, 0) is 37.5 Å². The van der Waals surface area contributed by atoms with E-state index in [1.807, 2.05) is 11.8 Å². The van der Waals surface area contributed by atoms with Crippen molar-refractivity contribution in [1.82, 2.24) is 15.1 Å². The first-order chi connectivity index (χ1) is 14.1. The number of rotatable bonds is 6. The molecule has 2 saturated heterocycles. The van der Waals surface area contributed by atoms with Crippen molar-refractivity contribution in [3.05, 3.63) is 35.1 Å². The molecule has 3 rings (SSSR count). The van der Waals surface area contributed by atoms with Crippen molar-refractivity contribution < 1.29 is 18.7 Å². The number of nitrogens with zero attached hydrogens (tertiary/aromatic N) is 3. The Bertz CT molecular complexity index is 720. The molecule has 1 unspecified atom stereocenters. The number of methoxy groups -OCH3 is 1. The SMILES string of the molecule is CCNC(=NCc1ccc(F)c(COC)c1)N1CCN(C(=O)C2CCCO2)CC1.I. The van der Waals surface area contributed by atoms with Gasteiger partial charge < -0.3 is 24.6 Å². The van der Waals surface area contributed by atoms with Crippen molar-refractivity contribution in [2.24, 2.45) is 4.99 Å². The summed E-state index contributed by atoms with van der Waals surface area (Å²) in [4.78, 5) is 21.3. The van der Waals surface area contributed by atoms with E-state index in [1.165, 1.54) is 6.07 Å². The van der Waals surface area contributed by atoms with Gasteiger partial charge in [0.2, 0.25) is 0 Å². The lowest BCUT2D eigenvalue weighted by Gasteiger charge is -2.37. The molecule has 9 heteroatoms. The average Bonchev–Trinajstić information content (AvgIpc) is 3.28. The van der Waals surface area contributed by atoms with Gasteiger partial charge in [0.15, 0.2) is 5.96 Å². The van der Waals surface area contributed by atoms with E-state index >= 15 is 0 Å². The van der Waals surface area contributed by atoms with Crippen molar-refractivity contribution >= 4 is 35.8 Å². The number of nitrogens with one attached hydrogen (secondary N) is 1. The molecule has 1 N–H and O–H groups in total. The fraction of sp³-hybridized carbons (Fsp3) is 0.619. The van der Waals surface area contributed by atoms with Gasteiger partial charge in [0.25, 0.3) is 5.91 Å². The number of carbonyl (C=O) groups is 1. The van der Waals surface area contributed by atoms with E-state index in [2.05, 4.69) is 10.2 Å². The number of piperazine rings is 1. The first-order valence-corrected chi connectivity index (χ1v) is 10.3. The van der Waals surface area contributed by atoms with E-state index in [0.29, 0.717) is 31.8 Å². The van der Waals surface area contributed by atoms with Gasteiger partial charge in [0.1, 0.15) is 11.9 Å². The molecule has 0 spiro atoms. The van der Waals surface area contributed by atoms with Crippen LogP contribution < -0.4 is 5.32 Å². The molecule has 0 saturated carbocycles. The van der Waals surface area contributed by atoms with Gasteiger partial charge in [-0.25, -0.2) is 9.38 Å². The minimum atomic E-state index is -0.265. The quantitative estimate of drug-likeness (QED) is 0.345. The van der Waals surface area contributed by atoms with Crippen LogP contribution in [0.25, 0.3) is 0 Å². The van der Waals surface area contributed by atoms with Crippen LogP contribution in [-0.4, -0.2) is 74.2 Å². The van der Waals surface area contributed by atoms with Gasteiger partial charge in [-0.1, -0.05) is 6.07 Å². The highest BCUT2D eigenvalue weighted by Gasteiger charge is 2.30. The number of benzene rings is 1. The predicted molar refractivity (Wildman–Crippen MR) is 124 cm³/mol. The maximum atomic E-state index is 13.8. The maximum absolute atomic E-state index is 13.8. The van der Waals surface area contributed by atoms with Crippen molar-refractivity contribution in [1.29, 1.82) is 0 Å². The first-order valence-electron chi connectivity index (χ1n) is 10.3. The number of carbonyl (C=O) groups excluding carboxylic acids is 1. The number of aliphatic imine (C=N–C) groups is 1. The molecule has 0 radical (unpaired) electrons. The predicted octanol–water partition coefficient (Wildman–Crippen LogP) is 2.38. The van der Waals surface area contributed by atoms with E-state index in [4.69, 9.17) is 14.5 Å². The molecule has 1 amide bonds. The molecule has 0 aromatic heterocycles. The van der Waals surface area contributed by atoms with Crippen LogP contribution in [0.1, 0.15) is 30.9 Å². The van der Waals surface area contributed by atoms with Gasteiger partial charge in [-0.3, -0.25) is 4.79 Å². The molecule has 1 atom stereocenters. The average molecular weight is 534 g/mol. The van der Waals surface area contributed by atoms with E-state index < -0.39 is 0 Å². The van der Waals surface area contributed by atoms with Crippen LogP contribution in [0.3, 0.4) is 0 Å². The molecule has 168 valence electrons. The molecule has 0 aliphatic carbocycles. The summed E-state index contributed by atoms with van der Waals surface area (Å²) in [5, 5.41) is 3.32. The summed E-state index contributed by atoms with van der Waals surface area (Å²) >= 11 is 0. The normalized spacial score (nSPS) is 19.6. The van der Waals surface area contributed by atoms with Crippen molar-refractivity contribution in [2.75, 3.05) is 46.4 Å². The zero-order valence-electron chi connectivity index (χ0n) is 17.7. The molecule has 30 heavy (non-hydrogen) atoms. The number of hydrogen-bond acceptors (Lipinski definition) is 4. The van der Waals surface area contributed by atoms with E-state index in [1.54, 1.807) is 19.2 Å². The minimum absolute atomic E-state index is 0. The second-order valence-electron chi connectivity index (χ2n) is 7.34. The Kier molecular flexibility index (Phi) is 10.3. The zero-order valence-corrected chi connectivity index (χ0v) is 20.1. The molecular weight excluding hydrogens is 502 g/mol. The third-order valence-electron chi connectivity index (χ3n) is 5.25. The smallest absolute Gasteiger partial charge is 0.251 e. The molecule has 2 aliphatic rings. The fourth-order valence-electron chi connectivity index (χ4n) is 3.70. The van der Waals surface area contributed by atoms with E-state index in [-0.39, 0.29) is 48.4 Å². The van der Waals surface area contributed by atoms with Crippen LogP contribution in [0.4, 0.5) is 4.39 Å². The van der Waals surface area contributed by atoms with Crippen LogP contribution in [0.2, 0.25) is 0 Å². The molecule has 7 nitrogen and oxygen atoms in total. The molecule has 1 aromatic rings. The second kappa shape index (κ2) is 12.4. The number of halogens is 2. The Morgan fingerprint density at radius 2 is 2.03 bits per heavy atom. The standard InChI is InChI=1S/C21H31FN4O3.HI/c1-3-23-21(24-14-16-6-7-18(22)17(13-16)15-28-2)26-10-8-25(9-11-26)20(27)19-5-4-12-29-19;/h6-7,13,19H,3-5,8-12,14-15H2,1-2H3,(H,23,24);1H. The summed E-state index contributed by atoms with van der Waals surface area (Å²) in [5.41, 5.74) is 1.47. The van der Waals surface area contributed by atoms with Gasteiger partial charge in [0, 0.05) is 52.0 Å². The third kappa shape index (κ3) is 6.52. The first kappa shape index (κ1) is 24.8. The Morgan fingerprint density at radius 3 is 2.67 bits per heavy atom. The minimum Gasteiger partial charge on any atom is -0.380 e. The van der Waals surface area contributed by atoms with Gasteiger partial charge in [0.05, 0.1) is 13.2 Å². The number of ether oxygens (including phenoxy) is 2. The van der Waals surface area contributed by atoms with Crippen molar-refractivity contribution in [3.63, 3.8) is 0 Å². The molecule has 1 aromatic carbocycles. The lowest BCUT2D eigenvalue weighted by atomic mass is 10.1. The molecule has 2 fully saturated rings. The van der Waals surface area contributed by atoms with E-state index in [0.717, 1.165) is 44.0 Å². The lowest BCUT2D eigenvalue weighted by molar-refractivity contribution is -0.142. The van der Waals surface area contributed by atoms with Crippen LogP contribution >= 0.6 is 24.0 Å². The summed E-state index contributed by atoms with van der Waals surface area (Å²) in [5.74, 6) is 0.661. The monoisotopic (exact) mass is 534 g/mol. The summed E-state index contributed by atoms with van der Waals surface area (Å²) in [6, 6.07) is 5.01. The Balaban J connectivity index is 0.00000320. The Labute approximate surface area is 195 Å². The van der Waals surface area contributed by atoms with Crippen LogP contribution in [0, 0.1) is 5.82 Å². The van der Waals surface area contributed by atoms with Gasteiger partial charge in [-0.2, -0.15) is 0 Å². The Morgan fingerprint density at radius 1 is 1.30 bits per heavy atom. The molecular formula is C21H32FIN4O3. The summed E-state index contributed by atoms with van der Waals surface area (Å²) in [6.45, 7) is 6.94. The number of amides is 1. The van der Waals surface area contributed by atoms with Crippen LogP contribution in [0.15, 0.2) is 23.2 Å². The van der Waals surface area contributed by atoms with Gasteiger partial charge in [-0.15, -0.1) is 24.0 Å². The zero-order chi connectivity index (χ0) is 20.6. The molecule has 0 bridgehead atoms. The largest absolute Gasteiger partial charge is 0.380 e. The highest BCUT2D eigenvalue weighted by atomic mass is 127. The Hall–Kier alpha value is -1.46. The number of guanidine groups is 1. The maximum Gasteiger partial charge on any atom is 0.251 e. The highest BCUT2D eigenvalue weighted by Crippen LogP contribution is 2.16. The molecule has 2 aliphatic heterocycles. The fourth-order valence-corrected chi connectivity index (χ4v) is 3.70. The number of hydrogen-bond donors (Lipinski definition) is 1. The molecule has 2 heterocycles. The second-order valence-corrected chi connectivity index (χ2v) is 7.34. The van der Waals surface area contributed by atoms with Crippen LogP contribution in [-0.2, 0) is 27.4 Å². The highest BCUT2D eigenvalue weighted by molar-refractivity contribution is 14.0. The third-order valence-corrected chi connectivity index (χ3v) is 5.25.